The van der Waals surface area contributed by atoms with E-state index in [4.69, 9.17) is 14.2 Å². The van der Waals surface area contributed by atoms with E-state index in [9.17, 15) is 4.79 Å². The minimum Gasteiger partial charge on any atom is -0.489 e. The van der Waals surface area contributed by atoms with Gasteiger partial charge in [-0.2, -0.15) is 0 Å². The fraction of sp³-hybridized carbons (Fsp3) is 0.318. The molecule has 138 valence electrons. The Labute approximate surface area is 155 Å². The van der Waals surface area contributed by atoms with Gasteiger partial charge in [0.2, 0.25) is 0 Å². The van der Waals surface area contributed by atoms with Crippen LogP contribution in [0.5, 0.6) is 11.5 Å². The highest BCUT2D eigenvalue weighted by Crippen LogP contribution is 2.31. The molecule has 0 N–H and O–H groups in total. The Morgan fingerprint density at radius 2 is 1.85 bits per heavy atom. The lowest BCUT2D eigenvalue weighted by molar-refractivity contribution is -0.142. The van der Waals surface area contributed by atoms with Crippen LogP contribution in [0.4, 0.5) is 0 Å². The standard InChI is InChI=1S/C20H20O4.C2H6/c1-14(2)24-20(21)17-10-16-8-9-18(11-19(16)23-13-17)22-12-15-6-4-3-5-7-15;1-2/h3-11,14H,12-13H2,1-2H3;1-2H3. The van der Waals surface area contributed by atoms with E-state index in [-0.39, 0.29) is 18.7 Å². The van der Waals surface area contributed by atoms with E-state index in [1.54, 1.807) is 0 Å². The second kappa shape index (κ2) is 9.66. The summed E-state index contributed by atoms with van der Waals surface area (Å²) < 4.78 is 16.7. The van der Waals surface area contributed by atoms with Crippen molar-refractivity contribution in [3.63, 3.8) is 0 Å². The first kappa shape index (κ1) is 19.6. The molecule has 2 aromatic rings. The SMILES string of the molecule is CC.CC(C)OC(=O)C1=Cc2ccc(OCc3ccccc3)cc2OC1. The predicted octanol–water partition coefficient (Wildman–Crippen LogP) is 5.02. The molecule has 0 unspecified atom stereocenters. The van der Waals surface area contributed by atoms with Crippen molar-refractivity contribution < 1.29 is 19.0 Å². The van der Waals surface area contributed by atoms with E-state index >= 15 is 0 Å². The Morgan fingerprint density at radius 1 is 1.12 bits per heavy atom. The summed E-state index contributed by atoms with van der Waals surface area (Å²) in [6.45, 7) is 8.36. The zero-order chi connectivity index (χ0) is 18.9. The average molecular weight is 354 g/mol. The summed E-state index contributed by atoms with van der Waals surface area (Å²) in [7, 11) is 0. The zero-order valence-corrected chi connectivity index (χ0v) is 15.8. The quantitative estimate of drug-likeness (QED) is 0.707. The number of rotatable bonds is 5. The summed E-state index contributed by atoms with van der Waals surface area (Å²) in [5, 5.41) is 0. The molecule has 0 fully saturated rings. The van der Waals surface area contributed by atoms with Gasteiger partial charge >= 0.3 is 5.97 Å². The summed E-state index contributed by atoms with van der Waals surface area (Å²) in [6, 6.07) is 15.6. The normalized spacial score (nSPS) is 12.1. The summed E-state index contributed by atoms with van der Waals surface area (Å²) in [4.78, 5) is 11.9. The number of carbonyl (C=O) groups excluding carboxylic acids is 1. The van der Waals surface area contributed by atoms with Gasteiger partial charge in [-0.25, -0.2) is 4.79 Å². The van der Waals surface area contributed by atoms with Crippen molar-refractivity contribution in [3.05, 3.63) is 65.2 Å². The van der Waals surface area contributed by atoms with Crippen LogP contribution in [0.1, 0.15) is 38.8 Å². The molecule has 1 aliphatic rings. The van der Waals surface area contributed by atoms with Gasteiger partial charge in [0, 0.05) is 11.6 Å². The largest absolute Gasteiger partial charge is 0.489 e. The molecule has 2 aromatic carbocycles. The predicted molar refractivity (Wildman–Crippen MR) is 103 cm³/mol. The van der Waals surface area contributed by atoms with Crippen LogP contribution in [0.3, 0.4) is 0 Å². The molecule has 26 heavy (non-hydrogen) atoms. The van der Waals surface area contributed by atoms with Gasteiger partial charge in [0.1, 0.15) is 24.7 Å². The van der Waals surface area contributed by atoms with Crippen molar-refractivity contribution in [3.8, 4) is 11.5 Å². The van der Waals surface area contributed by atoms with Gasteiger partial charge in [0.05, 0.1) is 11.7 Å². The van der Waals surface area contributed by atoms with Gasteiger partial charge < -0.3 is 14.2 Å². The first-order valence-corrected chi connectivity index (χ1v) is 8.97. The van der Waals surface area contributed by atoms with Crippen LogP contribution >= 0.6 is 0 Å². The Bertz CT molecular complexity index is 748. The van der Waals surface area contributed by atoms with Crippen LogP contribution in [-0.2, 0) is 16.1 Å². The topological polar surface area (TPSA) is 44.8 Å². The van der Waals surface area contributed by atoms with Crippen molar-refractivity contribution in [2.75, 3.05) is 6.61 Å². The monoisotopic (exact) mass is 354 g/mol. The number of fused-ring (bicyclic) bond motifs is 1. The summed E-state index contributed by atoms with van der Waals surface area (Å²) >= 11 is 0. The molecule has 1 heterocycles. The average Bonchev–Trinajstić information content (AvgIpc) is 2.67. The molecule has 0 saturated carbocycles. The first-order valence-electron chi connectivity index (χ1n) is 8.97. The van der Waals surface area contributed by atoms with Crippen LogP contribution in [0.25, 0.3) is 6.08 Å². The molecule has 4 heteroatoms. The maximum atomic E-state index is 11.9. The van der Waals surface area contributed by atoms with Crippen molar-refractivity contribution in [2.24, 2.45) is 0 Å². The fourth-order valence-corrected chi connectivity index (χ4v) is 2.38. The molecule has 3 rings (SSSR count). The van der Waals surface area contributed by atoms with Crippen LogP contribution in [-0.4, -0.2) is 18.7 Å². The van der Waals surface area contributed by atoms with E-state index in [1.807, 2.05) is 82.3 Å². The van der Waals surface area contributed by atoms with E-state index in [2.05, 4.69) is 0 Å². The van der Waals surface area contributed by atoms with Gasteiger partial charge in [0.15, 0.2) is 0 Å². The first-order chi connectivity index (χ1) is 12.6. The van der Waals surface area contributed by atoms with Crippen LogP contribution < -0.4 is 9.47 Å². The molecule has 1 aliphatic heterocycles. The van der Waals surface area contributed by atoms with Crippen LogP contribution in [0, 0.1) is 0 Å². The Balaban J connectivity index is 0.00000117. The van der Waals surface area contributed by atoms with Crippen molar-refractivity contribution >= 4 is 12.0 Å². The van der Waals surface area contributed by atoms with Gasteiger partial charge in [-0.1, -0.05) is 44.2 Å². The molecule has 0 bridgehead atoms. The van der Waals surface area contributed by atoms with Crippen LogP contribution in [0.2, 0.25) is 0 Å². The zero-order valence-electron chi connectivity index (χ0n) is 15.8. The third-order valence-corrected chi connectivity index (χ3v) is 3.55. The van der Waals surface area contributed by atoms with Crippen molar-refractivity contribution in [1.82, 2.24) is 0 Å². The van der Waals surface area contributed by atoms with Gasteiger partial charge in [-0.15, -0.1) is 0 Å². The number of carbonyl (C=O) groups is 1. The molecule has 0 amide bonds. The number of ether oxygens (including phenoxy) is 3. The molecular formula is C22H26O4. The highest BCUT2D eigenvalue weighted by Gasteiger charge is 2.19. The molecule has 0 saturated heterocycles. The molecule has 0 spiro atoms. The number of hydrogen-bond acceptors (Lipinski definition) is 4. The minimum atomic E-state index is -0.333. The summed E-state index contributed by atoms with van der Waals surface area (Å²) in [6.07, 6.45) is 1.67. The summed E-state index contributed by atoms with van der Waals surface area (Å²) in [5.74, 6) is 1.11. The van der Waals surface area contributed by atoms with Crippen LogP contribution in [0.15, 0.2) is 54.1 Å². The van der Waals surface area contributed by atoms with E-state index in [0.717, 1.165) is 16.9 Å². The highest BCUT2D eigenvalue weighted by atomic mass is 16.5. The van der Waals surface area contributed by atoms with Crippen molar-refractivity contribution in [1.29, 1.82) is 0 Å². The number of esters is 1. The number of hydrogen-bond donors (Lipinski definition) is 0. The van der Waals surface area contributed by atoms with Gasteiger partial charge in [0.25, 0.3) is 0 Å². The number of benzene rings is 2. The second-order valence-corrected chi connectivity index (χ2v) is 5.89. The fourth-order valence-electron chi connectivity index (χ4n) is 2.38. The van der Waals surface area contributed by atoms with Gasteiger partial charge in [-0.3, -0.25) is 0 Å². The van der Waals surface area contributed by atoms with E-state index in [0.29, 0.717) is 17.9 Å². The lowest BCUT2D eigenvalue weighted by Gasteiger charge is -2.19. The minimum absolute atomic E-state index is 0.145. The maximum Gasteiger partial charge on any atom is 0.337 e. The molecule has 0 aromatic heterocycles. The third kappa shape index (κ3) is 5.38. The highest BCUT2D eigenvalue weighted by molar-refractivity contribution is 5.95. The van der Waals surface area contributed by atoms with Gasteiger partial charge in [-0.05, 0) is 37.6 Å². The Kier molecular flexibility index (Phi) is 7.27. The molecule has 4 nitrogen and oxygen atoms in total. The second-order valence-electron chi connectivity index (χ2n) is 5.89. The molecule has 0 aliphatic carbocycles. The molecule has 0 radical (unpaired) electrons. The Morgan fingerprint density at radius 3 is 2.54 bits per heavy atom. The van der Waals surface area contributed by atoms with E-state index in [1.165, 1.54) is 0 Å². The molecule has 0 atom stereocenters. The lowest BCUT2D eigenvalue weighted by Crippen LogP contribution is -2.20. The lowest BCUT2D eigenvalue weighted by atomic mass is 10.1. The molecular weight excluding hydrogens is 328 g/mol. The Hall–Kier alpha value is -2.75. The van der Waals surface area contributed by atoms with Crippen molar-refractivity contribution in [2.45, 2.75) is 40.4 Å². The van der Waals surface area contributed by atoms with E-state index < -0.39 is 0 Å². The maximum absolute atomic E-state index is 11.9. The summed E-state index contributed by atoms with van der Waals surface area (Å²) in [5.41, 5.74) is 2.48. The smallest absolute Gasteiger partial charge is 0.337 e. The third-order valence-electron chi connectivity index (χ3n) is 3.55.